The van der Waals surface area contributed by atoms with E-state index in [-0.39, 0.29) is 5.56 Å². The molecule has 0 aliphatic carbocycles. The summed E-state index contributed by atoms with van der Waals surface area (Å²) in [5.41, 5.74) is 6.08. The van der Waals surface area contributed by atoms with Gasteiger partial charge in [-0.25, -0.2) is 0 Å². The van der Waals surface area contributed by atoms with Crippen molar-refractivity contribution in [1.82, 2.24) is 19.6 Å². The molecular formula is C21H21N5O. The largest absolute Gasteiger partial charge is 0.379 e. The first-order valence-electron chi connectivity index (χ1n) is 8.87. The van der Waals surface area contributed by atoms with Crippen LogP contribution in [0.2, 0.25) is 0 Å². The predicted molar refractivity (Wildman–Crippen MR) is 107 cm³/mol. The van der Waals surface area contributed by atoms with Gasteiger partial charge in [0, 0.05) is 23.0 Å². The molecule has 4 aromatic rings. The SMILES string of the molecule is Cc1ccc(-c2nc3[nH]c(CNc4cccc(C)c4C)cc(=O)n3n2)cc1. The lowest BCUT2D eigenvalue weighted by atomic mass is 10.1. The van der Waals surface area contributed by atoms with Crippen LogP contribution < -0.4 is 10.9 Å². The quantitative estimate of drug-likeness (QED) is 0.583. The fraction of sp³-hybridized carbons (Fsp3) is 0.190. The van der Waals surface area contributed by atoms with Crippen LogP contribution in [0.5, 0.6) is 0 Å². The molecule has 0 aliphatic rings. The number of H-pyrrole nitrogens is 1. The molecule has 0 unspecified atom stereocenters. The van der Waals surface area contributed by atoms with Gasteiger partial charge in [0.2, 0.25) is 5.78 Å². The second-order valence-electron chi connectivity index (χ2n) is 6.77. The number of nitrogens with one attached hydrogen (secondary N) is 2. The topological polar surface area (TPSA) is 75.1 Å². The van der Waals surface area contributed by atoms with Gasteiger partial charge in [-0.05, 0) is 38.0 Å². The summed E-state index contributed by atoms with van der Waals surface area (Å²) < 4.78 is 1.30. The van der Waals surface area contributed by atoms with E-state index in [2.05, 4.69) is 40.3 Å². The van der Waals surface area contributed by atoms with E-state index in [9.17, 15) is 4.79 Å². The molecule has 0 saturated heterocycles. The summed E-state index contributed by atoms with van der Waals surface area (Å²) in [7, 11) is 0. The molecule has 0 amide bonds. The van der Waals surface area contributed by atoms with Crippen molar-refractivity contribution in [3.63, 3.8) is 0 Å². The van der Waals surface area contributed by atoms with Crippen LogP contribution in [-0.4, -0.2) is 19.6 Å². The minimum Gasteiger partial charge on any atom is -0.379 e. The van der Waals surface area contributed by atoms with Crippen LogP contribution in [0, 0.1) is 20.8 Å². The van der Waals surface area contributed by atoms with Crippen LogP contribution in [0.1, 0.15) is 22.4 Å². The van der Waals surface area contributed by atoms with Crippen LogP contribution in [0.25, 0.3) is 17.2 Å². The third-order valence-electron chi connectivity index (χ3n) is 4.77. The van der Waals surface area contributed by atoms with Gasteiger partial charge in [0.25, 0.3) is 5.56 Å². The number of rotatable bonds is 4. The summed E-state index contributed by atoms with van der Waals surface area (Å²) in [5, 5.41) is 7.72. The van der Waals surface area contributed by atoms with E-state index in [1.165, 1.54) is 21.2 Å². The number of aromatic amines is 1. The Hall–Kier alpha value is -3.41. The molecule has 2 heterocycles. The summed E-state index contributed by atoms with van der Waals surface area (Å²) in [4.78, 5) is 20.1. The molecule has 2 aromatic carbocycles. The first-order chi connectivity index (χ1) is 13.0. The Bertz CT molecular complexity index is 1170. The molecular weight excluding hydrogens is 338 g/mol. The predicted octanol–water partition coefficient (Wildman–Crippen LogP) is 3.62. The van der Waals surface area contributed by atoms with Crippen LogP contribution in [0.15, 0.2) is 53.3 Å². The third kappa shape index (κ3) is 3.33. The van der Waals surface area contributed by atoms with E-state index in [0.717, 1.165) is 16.9 Å². The normalized spacial score (nSPS) is 11.1. The second-order valence-corrected chi connectivity index (χ2v) is 6.77. The number of aryl methyl sites for hydroxylation is 2. The minimum absolute atomic E-state index is 0.202. The highest BCUT2D eigenvalue weighted by atomic mass is 16.1. The maximum atomic E-state index is 12.4. The zero-order valence-electron chi connectivity index (χ0n) is 15.6. The molecule has 136 valence electrons. The fourth-order valence-corrected chi connectivity index (χ4v) is 2.99. The Kier molecular flexibility index (Phi) is 4.24. The van der Waals surface area contributed by atoms with E-state index < -0.39 is 0 Å². The molecule has 0 bridgehead atoms. The van der Waals surface area contributed by atoms with Gasteiger partial charge in [-0.3, -0.25) is 4.79 Å². The monoisotopic (exact) mass is 359 g/mol. The number of hydrogen-bond acceptors (Lipinski definition) is 4. The van der Waals surface area contributed by atoms with E-state index in [0.29, 0.717) is 18.1 Å². The smallest absolute Gasteiger partial charge is 0.275 e. The number of anilines is 1. The van der Waals surface area contributed by atoms with Crippen molar-refractivity contribution >= 4 is 11.5 Å². The summed E-state index contributed by atoms with van der Waals surface area (Å²) in [6, 6.07) is 15.6. The molecule has 0 atom stereocenters. The van der Waals surface area contributed by atoms with E-state index in [1.54, 1.807) is 6.07 Å². The number of nitrogens with zero attached hydrogens (tertiary/aromatic N) is 3. The van der Waals surface area contributed by atoms with Crippen molar-refractivity contribution in [1.29, 1.82) is 0 Å². The first kappa shape index (κ1) is 17.0. The first-order valence-corrected chi connectivity index (χ1v) is 8.87. The van der Waals surface area contributed by atoms with Gasteiger partial charge in [0.05, 0.1) is 6.54 Å². The highest BCUT2D eigenvalue weighted by molar-refractivity contribution is 5.57. The maximum Gasteiger partial charge on any atom is 0.275 e. The van der Waals surface area contributed by atoms with E-state index in [4.69, 9.17) is 0 Å². The van der Waals surface area contributed by atoms with Gasteiger partial charge < -0.3 is 10.3 Å². The molecule has 0 radical (unpaired) electrons. The Morgan fingerprint density at radius 1 is 1.07 bits per heavy atom. The van der Waals surface area contributed by atoms with Crippen molar-refractivity contribution in [2.45, 2.75) is 27.3 Å². The lowest BCUT2D eigenvalue weighted by Crippen LogP contribution is -2.17. The van der Waals surface area contributed by atoms with Crippen molar-refractivity contribution in [2.24, 2.45) is 0 Å². The Morgan fingerprint density at radius 3 is 2.63 bits per heavy atom. The zero-order valence-corrected chi connectivity index (χ0v) is 15.6. The van der Waals surface area contributed by atoms with E-state index >= 15 is 0 Å². The van der Waals surface area contributed by atoms with Crippen molar-refractivity contribution in [3.05, 3.63) is 81.3 Å². The van der Waals surface area contributed by atoms with Crippen LogP contribution >= 0.6 is 0 Å². The van der Waals surface area contributed by atoms with Crippen LogP contribution in [0.4, 0.5) is 5.69 Å². The number of aromatic nitrogens is 4. The molecule has 6 nitrogen and oxygen atoms in total. The lowest BCUT2D eigenvalue weighted by Gasteiger charge is -2.11. The van der Waals surface area contributed by atoms with E-state index in [1.807, 2.05) is 43.3 Å². The highest BCUT2D eigenvalue weighted by Crippen LogP contribution is 2.19. The summed E-state index contributed by atoms with van der Waals surface area (Å²) in [6.07, 6.45) is 0. The van der Waals surface area contributed by atoms with Gasteiger partial charge in [0.15, 0.2) is 5.82 Å². The van der Waals surface area contributed by atoms with Crippen LogP contribution in [-0.2, 0) is 6.54 Å². The number of hydrogen-bond donors (Lipinski definition) is 2. The van der Waals surface area contributed by atoms with Gasteiger partial charge in [0.1, 0.15) is 0 Å². The number of fused-ring (bicyclic) bond motifs is 1. The summed E-state index contributed by atoms with van der Waals surface area (Å²) in [6.45, 7) is 6.69. The maximum absolute atomic E-state index is 12.4. The second kappa shape index (κ2) is 6.72. The molecule has 6 heteroatoms. The summed E-state index contributed by atoms with van der Waals surface area (Å²) in [5.74, 6) is 0.971. The molecule has 0 spiro atoms. The molecule has 27 heavy (non-hydrogen) atoms. The lowest BCUT2D eigenvalue weighted by molar-refractivity contribution is 0.878. The van der Waals surface area contributed by atoms with Crippen molar-refractivity contribution < 1.29 is 0 Å². The molecule has 2 N–H and O–H groups in total. The average molecular weight is 359 g/mol. The van der Waals surface area contributed by atoms with Crippen molar-refractivity contribution in [3.8, 4) is 11.4 Å². The standard InChI is InChI=1S/C21H21N5O/c1-13-7-9-16(10-8-13)20-24-21-23-17(11-19(27)26(21)25-20)12-22-18-6-4-5-14(2)15(18)3/h4-11,22H,12H2,1-3H3,(H,23,24,25). The average Bonchev–Trinajstić information content (AvgIpc) is 3.08. The fourth-order valence-electron chi connectivity index (χ4n) is 2.99. The summed E-state index contributed by atoms with van der Waals surface area (Å²) >= 11 is 0. The Morgan fingerprint density at radius 2 is 1.85 bits per heavy atom. The third-order valence-corrected chi connectivity index (χ3v) is 4.77. The molecule has 0 fully saturated rings. The molecule has 0 aliphatic heterocycles. The van der Waals surface area contributed by atoms with Gasteiger partial charge in [-0.1, -0.05) is 42.0 Å². The van der Waals surface area contributed by atoms with Gasteiger partial charge >= 0.3 is 0 Å². The Labute approximate surface area is 156 Å². The van der Waals surface area contributed by atoms with Gasteiger partial charge in [-0.2, -0.15) is 9.50 Å². The molecule has 2 aromatic heterocycles. The zero-order chi connectivity index (χ0) is 19.0. The van der Waals surface area contributed by atoms with Gasteiger partial charge in [-0.15, -0.1) is 5.10 Å². The Balaban J connectivity index is 1.64. The number of benzene rings is 2. The molecule has 0 saturated carbocycles. The van der Waals surface area contributed by atoms with Crippen LogP contribution in [0.3, 0.4) is 0 Å². The van der Waals surface area contributed by atoms with Crippen molar-refractivity contribution in [2.75, 3.05) is 5.32 Å². The minimum atomic E-state index is -0.202. The molecule has 4 rings (SSSR count). The highest BCUT2D eigenvalue weighted by Gasteiger charge is 2.10.